The van der Waals surface area contributed by atoms with Crippen molar-refractivity contribution in [3.63, 3.8) is 0 Å². The molecule has 0 aliphatic rings. The van der Waals surface area contributed by atoms with Crippen molar-refractivity contribution in [2.24, 2.45) is 0 Å². The Morgan fingerprint density at radius 2 is 0.786 bits per heavy atom. The van der Waals surface area contributed by atoms with E-state index < -0.39 is 7.12 Å². The van der Waals surface area contributed by atoms with E-state index in [1.165, 1.54) is 12.1 Å². The van der Waals surface area contributed by atoms with Crippen molar-refractivity contribution >= 4 is 70.6 Å². The molecule has 8 aromatic rings. The highest BCUT2D eigenvalue weighted by atomic mass is 35.5. The fourth-order valence-electron chi connectivity index (χ4n) is 5.36. The van der Waals surface area contributed by atoms with Gasteiger partial charge >= 0.3 is 7.12 Å². The van der Waals surface area contributed by atoms with Crippen molar-refractivity contribution in [2.75, 3.05) is 0 Å². The zero-order chi connectivity index (χ0) is 39.4. The molecule has 0 bridgehead atoms. The van der Waals surface area contributed by atoms with Gasteiger partial charge in [0.15, 0.2) is 11.6 Å². The lowest BCUT2D eigenvalue weighted by Gasteiger charge is -2.10. The Labute approximate surface area is 350 Å². The van der Waals surface area contributed by atoms with Crippen LogP contribution in [0.5, 0.6) is 0 Å². The van der Waals surface area contributed by atoms with Crippen molar-refractivity contribution in [3.8, 4) is 56.5 Å². The molecule has 0 fully saturated rings. The van der Waals surface area contributed by atoms with E-state index >= 15 is 0 Å². The van der Waals surface area contributed by atoms with Gasteiger partial charge in [0.2, 0.25) is 0 Å². The summed E-state index contributed by atoms with van der Waals surface area (Å²) in [6, 6.07) is 53.3. The summed E-state index contributed by atoms with van der Waals surface area (Å²) in [5.41, 5.74) is 7.38. The zero-order valence-electron chi connectivity index (χ0n) is 29.3. The minimum atomic E-state index is -1.57. The number of benzene rings is 6. The Morgan fingerprint density at radius 1 is 0.375 bits per heavy atom. The molecular weight excluding hydrogens is 805 g/mol. The molecule has 0 saturated carbocycles. The van der Waals surface area contributed by atoms with Gasteiger partial charge in [-0.3, -0.25) is 0 Å². The predicted octanol–water partition coefficient (Wildman–Crippen LogP) is 11.9. The molecule has 56 heavy (non-hydrogen) atoms. The SMILES string of the molecule is Clc1cc(-c2ccccc2)nc(-c2ccccc2)n1.Clc1ccc(Cl)c(-c2cc(-c3ccccc3)nc(-c3ccccc3)n2)c1.OB(O)c1cc(Cl)ccc1Cl. The Kier molecular flexibility index (Phi) is 14.3. The van der Waals surface area contributed by atoms with E-state index in [0.717, 1.165) is 44.9 Å². The van der Waals surface area contributed by atoms with Gasteiger partial charge in [-0.1, -0.05) is 179 Å². The quantitative estimate of drug-likeness (QED) is 0.128. The average Bonchev–Trinajstić information content (AvgIpc) is 3.24. The number of rotatable bonds is 6. The summed E-state index contributed by atoms with van der Waals surface area (Å²) < 4.78 is 0. The van der Waals surface area contributed by atoms with Gasteiger partial charge in [-0.25, -0.2) is 19.9 Å². The summed E-state index contributed by atoms with van der Waals surface area (Å²) in [6.45, 7) is 0. The van der Waals surface area contributed by atoms with Crippen molar-refractivity contribution in [2.45, 2.75) is 0 Å². The highest BCUT2D eigenvalue weighted by Gasteiger charge is 2.15. The lowest BCUT2D eigenvalue weighted by Crippen LogP contribution is -2.30. The van der Waals surface area contributed by atoms with E-state index in [2.05, 4.69) is 9.97 Å². The number of aromatic nitrogens is 4. The molecular formula is C44H30BCl5N4O2. The highest BCUT2D eigenvalue weighted by Crippen LogP contribution is 2.33. The Balaban J connectivity index is 0.000000155. The Bertz CT molecular complexity index is 2400. The monoisotopic (exact) mass is 832 g/mol. The van der Waals surface area contributed by atoms with Crippen LogP contribution in [-0.4, -0.2) is 37.1 Å². The molecule has 6 nitrogen and oxygen atoms in total. The molecule has 0 amide bonds. The third-order valence-electron chi connectivity index (χ3n) is 8.06. The molecule has 2 aromatic heterocycles. The normalized spacial score (nSPS) is 10.4. The predicted molar refractivity (Wildman–Crippen MR) is 233 cm³/mol. The molecule has 2 heterocycles. The van der Waals surface area contributed by atoms with Crippen molar-refractivity contribution in [3.05, 3.63) is 195 Å². The lowest BCUT2D eigenvalue weighted by molar-refractivity contribution is 0.426. The highest BCUT2D eigenvalue weighted by molar-refractivity contribution is 6.63. The second kappa shape index (κ2) is 19.7. The third kappa shape index (κ3) is 11.0. The average molecular weight is 835 g/mol. The summed E-state index contributed by atoms with van der Waals surface area (Å²) in [6.07, 6.45) is 0. The van der Waals surface area contributed by atoms with Crippen molar-refractivity contribution in [1.82, 2.24) is 19.9 Å². The maximum Gasteiger partial charge on any atom is 0.490 e. The van der Waals surface area contributed by atoms with Crippen molar-refractivity contribution < 1.29 is 10.0 Å². The summed E-state index contributed by atoms with van der Waals surface area (Å²) >= 11 is 29.9. The van der Waals surface area contributed by atoms with E-state index in [1.807, 2.05) is 133 Å². The molecule has 0 aliphatic heterocycles. The molecule has 0 radical (unpaired) electrons. The second-order valence-corrected chi connectivity index (χ2v) is 14.1. The minimum absolute atomic E-state index is 0.221. The van der Waals surface area contributed by atoms with E-state index in [0.29, 0.717) is 36.9 Å². The first kappa shape index (κ1) is 40.6. The van der Waals surface area contributed by atoms with E-state index in [1.54, 1.807) is 24.3 Å². The fourth-order valence-corrected chi connectivity index (χ4v) is 6.32. The topological polar surface area (TPSA) is 92.0 Å². The molecule has 0 spiro atoms. The first-order valence-electron chi connectivity index (χ1n) is 17.1. The molecule has 0 aliphatic carbocycles. The molecule has 0 atom stereocenters. The summed E-state index contributed by atoms with van der Waals surface area (Å²) in [7, 11) is -1.57. The van der Waals surface area contributed by atoms with Gasteiger partial charge in [-0.15, -0.1) is 0 Å². The van der Waals surface area contributed by atoms with E-state index in [4.69, 9.17) is 78.0 Å². The van der Waals surface area contributed by atoms with Crippen LogP contribution in [0, 0.1) is 0 Å². The van der Waals surface area contributed by atoms with Gasteiger partial charge in [-0.2, -0.15) is 0 Å². The molecule has 0 unspecified atom stereocenters. The van der Waals surface area contributed by atoms with Gasteiger partial charge in [0.05, 0.1) is 22.1 Å². The lowest BCUT2D eigenvalue weighted by atomic mass is 9.80. The van der Waals surface area contributed by atoms with Gasteiger partial charge < -0.3 is 10.0 Å². The van der Waals surface area contributed by atoms with Crippen molar-refractivity contribution in [1.29, 1.82) is 0 Å². The molecule has 0 saturated heterocycles. The van der Waals surface area contributed by atoms with Crippen LogP contribution < -0.4 is 5.46 Å². The van der Waals surface area contributed by atoms with Gasteiger partial charge in [-0.05, 0) is 42.5 Å². The van der Waals surface area contributed by atoms with Crippen LogP contribution in [0.4, 0.5) is 0 Å². The smallest absolute Gasteiger partial charge is 0.423 e. The van der Waals surface area contributed by atoms with Crippen LogP contribution >= 0.6 is 58.0 Å². The molecule has 8 rings (SSSR count). The number of halogens is 5. The van der Waals surface area contributed by atoms with Crippen LogP contribution in [0.1, 0.15) is 0 Å². The third-order valence-corrected chi connectivity index (χ3v) is 9.40. The van der Waals surface area contributed by atoms with Crippen LogP contribution in [0.3, 0.4) is 0 Å². The van der Waals surface area contributed by atoms with Gasteiger partial charge in [0, 0.05) is 54.4 Å². The largest absolute Gasteiger partial charge is 0.490 e. The standard InChI is InChI=1S/C22H14Cl2N2.C16H11ClN2.C6H5BCl2O2/c23-17-11-12-19(24)18(13-17)21-14-20(15-7-3-1-4-8-15)25-22(26-21)16-9-5-2-6-10-16;17-15-11-14(12-7-3-1-4-8-12)18-16(19-15)13-9-5-2-6-10-13;8-4-1-2-6(9)5(3-4)7(10)11/h1-14H;1-11H;1-3,10-11H. The first-order chi connectivity index (χ1) is 27.1. The van der Waals surface area contributed by atoms with Crippen LogP contribution in [0.2, 0.25) is 25.2 Å². The molecule has 2 N–H and O–H groups in total. The minimum Gasteiger partial charge on any atom is -0.423 e. The number of nitrogens with zero attached hydrogens (tertiary/aromatic N) is 4. The molecule has 12 heteroatoms. The zero-order valence-corrected chi connectivity index (χ0v) is 33.1. The number of hydrogen-bond donors (Lipinski definition) is 2. The number of hydrogen-bond acceptors (Lipinski definition) is 6. The van der Waals surface area contributed by atoms with E-state index in [9.17, 15) is 0 Å². The van der Waals surface area contributed by atoms with Crippen LogP contribution in [0.25, 0.3) is 56.5 Å². The van der Waals surface area contributed by atoms with Crippen LogP contribution in [-0.2, 0) is 0 Å². The maximum absolute atomic E-state index is 8.74. The fraction of sp³-hybridized carbons (Fsp3) is 0. The Hall–Kier alpha value is -5.09. The van der Waals surface area contributed by atoms with Crippen LogP contribution in [0.15, 0.2) is 170 Å². The maximum atomic E-state index is 8.74. The second-order valence-electron chi connectivity index (χ2n) is 12.0. The Morgan fingerprint density at radius 3 is 1.27 bits per heavy atom. The molecule has 276 valence electrons. The summed E-state index contributed by atoms with van der Waals surface area (Å²) in [5.74, 6) is 1.30. The van der Waals surface area contributed by atoms with Gasteiger partial charge in [0.25, 0.3) is 0 Å². The summed E-state index contributed by atoms with van der Waals surface area (Å²) in [5, 5.41) is 19.9. The van der Waals surface area contributed by atoms with Gasteiger partial charge in [0.1, 0.15) is 5.15 Å². The molecule has 6 aromatic carbocycles. The summed E-state index contributed by atoms with van der Waals surface area (Å²) in [4.78, 5) is 18.4. The van der Waals surface area contributed by atoms with E-state index in [-0.39, 0.29) is 5.46 Å². The first-order valence-corrected chi connectivity index (χ1v) is 19.0.